The molecule has 0 bridgehead atoms. The molecular formula is C8H10ClN3O3. The highest BCUT2D eigenvalue weighted by molar-refractivity contribution is 6.32. The molecule has 2 heterocycles. The fourth-order valence-electron chi connectivity index (χ4n) is 1.62. The molecule has 0 atom stereocenters. The smallest absolute Gasteiger partial charge is 0.381 e. The summed E-state index contributed by atoms with van der Waals surface area (Å²) < 4.78 is 6.77. The standard InChI is InChI=1S/C8H10ClN3O3/c9-7-5-11(10-8(7)12(13)14)6-1-3-15-4-2-6/h5-6H,1-4H2. The lowest BCUT2D eigenvalue weighted by molar-refractivity contribution is -0.389. The Kier molecular flexibility index (Phi) is 2.88. The molecule has 7 heteroatoms. The Bertz CT molecular complexity index is 373. The van der Waals surface area contributed by atoms with Crippen molar-refractivity contribution in [3.63, 3.8) is 0 Å². The first kappa shape index (κ1) is 10.4. The van der Waals surface area contributed by atoms with E-state index in [0.29, 0.717) is 13.2 Å². The summed E-state index contributed by atoms with van der Waals surface area (Å²) >= 11 is 5.70. The van der Waals surface area contributed by atoms with Crippen molar-refractivity contribution in [2.24, 2.45) is 0 Å². The number of halogens is 1. The molecule has 82 valence electrons. The Morgan fingerprint density at radius 3 is 2.80 bits per heavy atom. The molecule has 1 aliphatic rings. The molecule has 0 aliphatic carbocycles. The van der Waals surface area contributed by atoms with Crippen LogP contribution >= 0.6 is 11.6 Å². The second-order valence-electron chi connectivity index (χ2n) is 3.38. The van der Waals surface area contributed by atoms with Gasteiger partial charge in [-0.1, -0.05) is 11.6 Å². The molecular weight excluding hydrogens is 222 g/mol. The minimum atomic E-state index is -0.571. The van der Waals surface area contributed by atoms with Crippen LogP contribution in [0.15, 0.2) is 6.20 Å². The van der Waals surface area contributed by atoms with Crippen LogP contribution in [0.1, 0.15) is 18.9 Å². The molecule has 15 heavy (non-hydrogen) atoms. The third-order valence-corrected chi connectivity index (χ3v) is 2.67. The van der Waals surface area contributed by atoms with Gasteiger partial charge in [0.1, 0.15) is 0 Å². The Hall–Kier alpha value is -1.14. The number of ether oxygens (including phenoxy) is 1. The van der Waals surface area contributed by atoms with Crippen molar-refractivity contribution in [1.82, 2.24) is 9.78 Å². The van der Waals surface area contributed by atoms with Crippen LogP contribution < -0.4 is 0 Å². The van der Waals surface area contributed by atoms with Crippen molar-refractivity contribution < 1.29 is 9.66 Å². The number of nitro groups is 1. The zero-order chi connectivity index (χ0) is 10.8. The summed E-state index contributed by atoms with van der Waals surface area (Å²) in [5.74, 6) is -0.275. The second kappa shape index (κ2) is 4.16. The molecule has 0 saturated carbocycles. The lowest BCUT2D eigenvalue weighted by Gasteiger charge is -2.19. The molecule has 0 radical (unpaired) electrons. The van der Waals surface area contributed by atoms with Crippen molar-refractivity contribution in [2.45, 2.75) is 18.9 Å². The van der Waals surface area contributed by atoms with E-state index in [9.17, 15) is 10.1 Å². The van der Waals surface area contributed by atoms with Gasteiger partial charge in [-0.2, -0.15) is 4.68 Å². The van der Waals surface area contributed by atoms with Crippen molar-refractivity contribution in [1.29, 1.82) is 0 Å². The highest BCUT2D eigenvalue weighted by Crippen LogP contribution is 2.27. The minimum absolute atomic E-state index is 0.0893. The van der Waals surface area contributed by atoms with E-state index < -0.39 is 4.92 Å². The molecule has 1 aliphatic heterocycles. The molecule has 0 aromatic carbocycles. The zero-order valence-electron chi connectivity index (χ0n) is 7.93. The van der Waals surface area contributed by atoms with E-state index in [4.69, 9.17) is 16.3 Å². The van der Waals surface area contributed by atoms with Gasteiger partial charge in [-0.15, -0.1) is 0 Å². The van der Waals surface area contributed by atoms with Gasteiger partial charge < -0.3 is 14.9 Å². The Morgan fingerprint density at radius 2 is 2.27 bits per heavy atom. The molecule has 1 aromatic rings. The highest BCUT2D eigenvalue weighted by atomic mass is 35.5. The Balaban J connectivity index is 2.21. The number of hydrogen-bond donors (Lipinski definition) is 0. The molecule has 0 unspecified atom stereocenters. The molecule has 6 nitrogen and oxygen atoms in total. The van der Waals surface area contributed by atoms with Gasteiger partial charge >= 0.3 is 5.82 Å². The molecule has 0 N–H and O–H groups in total. The average Bonchev–Trinajstić information content (AvgIpc) is 2.62. The van der Waals surface area contributed by atoms with Crippen molar-refractivity contribution in [3.8, 4) is 0 Å². The van der Waals surface area contributed by atoms with Gasteiger partial charge in [0.15, 0.2) is 5.02 Å². The number of hydrogen-bond acceptors (Lipinski definition) is 4. The van der Waals surface area contributed by atoms with E-state index in [2.05, 4.69) is 5.10 Å². The van der Waals surface area contributed by atoms with E-state index in [1.54, 1.807) is 4.68 Å². The average molecular weight is 232 g/mol. The lowest BCUT2D eigenvalue weighted by atomic mass is 10.1. The predicted octanol–water partition coefficient (Wildman–Crippen LogP) is 1.80. The molecule has 0 amide bonds. The van der Waals surface area contributed by atoms with Crippen LogP contribution in [0.3, 0.4) is 0 Å². The predicted molar refractivity (Wildman–Crippen MR) is 53.0 cm³/mol. The molecule has 0 spiro atoms. The van der Waals surface area contributed by atoms with Crippen LogP contribution in [-0.2, 0) is 4.74 Å². The number of nitrogens with zero attached hydrogens (tertiary/aromatic N) is 3. The van der Waals surface area contributed by atoms with Gasteiger partial charge in [0.05, 0.1) is 17.3 Å². The van der Waals surface area contributed by atoms with Crippen LogP contribution in [0.4, 0.5) is 5.82 Å². The first-order valence-electron chi connectivity index (χ1n) is 4.65. The third-order valence-electron chi connectivity index (χ3n) is 2.41. The summed E-state index contributed by atoms with van der Waals surface area (Å²) in [6.45, 7) is 1.33. The molecule has 2 rings (SSSR count). The van der Waals surface area contributed by atoms with Gasteiger partial charge in [0.2, 0.25) is 0 Å². The molecule has 1 aromatic heterocycles. The van der Waals surface area contributed by atoms with E-state index in [1.807, 2.05) is 0 Å². The lowest BCUT2D eigenvalue weighted by Crippen LogP contribution is -2.19. The number of aromatic nitrogens is 2. The van der Waals surface area contributed by atoms with Crippen molar-refractivity contribution >= 4 is 17.4 Å². The zero-order valence-corrected chi connectivity index (χ0v) is 8.68. The fourth-order valence-corrected chi connectivity index (χ4v) is 1.83. The highest BCUT2D eigenvalue weighted by Gasteiger charge is 2.25. The largest absolute Gasteiger partial charge is 0.408 e. The SMILES string of the molecule is O=[N+]([O-])c1nn(C2CCOCC2)cc1Cl. The second-order valence-corrected chi connectivity index (χ2v) is 3.79. The summed E-state index contributed by atoms with van der Waals surface area (Å²) in [4.78, 5) is 9.97. The van der Waals surface area contributed by atoms with Gasteiger partial charge in [-0.3, -0.25) is 0 Å². The van der Waals surface area contributed by atoms with E-state index in [-0.39, 0.29) is 16.9 Å². The first-order valence-corrected chi connectivity index (χ1v) is 5.03. The van der Waals surface area contributed by atoms with E-state index >= 15 is 0 Å². The van der Waals surface area contributed by atoms with Gasteiger partial charge in [-0.05, 0) is 17.8 Å². The van der Waals surface area contributed by atoms with Gasteiger partial charge in [0.25, 0.3) is 0 Å². The topological polar surface area (TPSA) is 70.2 Å². The molecule has 1 fully saturated rings. The monoisotopic (exact) mass is 231 g/mol. The van der Waals surface area contributed by atoms with Crippen LogP contribution in [0, 0.1) is 10.1 Å². The quantitative estimate of drug-likeness (QED) is 0.575. The van der Waals surface area contributed by atoms with Crippen LogP contribution in [0.2, 0.25) is 5.02 Å². The maximum absolute atomic E-state index is 10.5. The van der Waals surface area contributed by atoms with Crippen LogP contribution in [-0.4, -0.2) is 27.9 Å². The van der Waals surface area contributed by atoms with Gasteiger partial charge in [0, 0.05) is 13.2 Å². The summed E-state index contributed by atoms with van der Waals surface area (Å²) in [6.07, 6.45) is 3.14. The Labute approximate surface area is 90.9 Å². The van der Waals surface area contributed by atoms with Crippen LogP contribution in [0.25, 0.3) is 0 Å². The minimum Gasteiger partial charge on any atom is -0.381 e. The summed E-state index contributed by atoms with van der Waals surface area (Å²) in [7, 11) is 0. The van der Waals surface area contributed by atoms with Crippen molar-refractivity contribution in [3.05, 3.63) is 21.3 Å². The maximum Gasteiger partial charge on any atom is 0.408 e. The Morgan fingerprint density at radius 1 is 1.60 bits per heavy atom. The fraction of sp³-hybridized carbons (Fsp3) is 0.625. The maximum atomic E-state index is 10.5. The summed E-state index contributed by atoms with van der Waals surface area (Å²) in [5, 5.41) is 14.5. The summed E-state index contributed by atoms with van der Waals surface area (Å²) in [6, 6.07) is 0.157. The van der Waals surface area contributed by atoms with Gasteiger partial charge in [-0.25, -0.2) is 0 Å². The van der Waals surface area contributed by atoms with E-state index in [0.717, 1.165) is 12.8 Å². The van der Waals surface area contributed by atoms with E-state index in [1.165, 1.54) is 6.20 Å². The first-order chi connectivity index (χ1) is 7.18. The molecule has 1 saturated heterocycles. The number of rotatable bonds is 2. The normalized spacial score (nSPS) is 17.9. The third kappa shape index (κ3) is 2.10. The van der Waals surface area contributed by atoms with Crippen LogP contribution in [0.5, 0.6) is 0 Å². The summed E-state index contributed by atoms with van der Waals surface area (Å²) in [5.41, 5.74) is 0. The van der Waals surface area contributed by atoms with Crippen molar-refractivity contribution in [2.75, 3.05) is 13.2 Å².